The predicted molar refractivity (Wildman–Crippen MR) is 158 cm³/mol. The molecule has 0 heterocycles. The molecule has 0 aliphatic rings. The number of carbonyl (C=O) groups is 1. The lowest BCUT2D eigenvalue weighted by atomic mass is 10.0. The van der Waals surface area contributed by atoms with Crippen LogP contribution < -0.4 is 0 Å². The molecule has 2 aromatic carbocycles. The zero-order valence-corrected chi connectivity index (χ0v) is 24.1. The number of ketones is 1. The lowest BCUT2D eigenvalue weighted by molar-refractivity contribution is -0.114. The molecule has 6 heteroatoms. The van der Waals surface area contributed by atoms with Crippen LogP contribution in [-0.4, -0.2) is 64.4 Å². The van der Waals surface area contributed by atoms with Gasteiger partial charge in [0.25, 0.3) is 0 Å². The van der Waals surface area contributed by atoms with Crippen molar-refractivity contribution in [1.82, 2.24) is 0 Å². The molecule has 0 radical (unpaired) electrons. The second kappa shape index (κ2) is 18.8. The molecule has 0 aliphatic carbocycles. The summed E-state index contributed by atoms with van der Waals surface area (Å²) >= 11 is 1.77. The van der Waals surface area contributed by atoms with Gasteiger partial charge in [0.15, 0.2) is 5.78 Å². The van der Waals surface area contributed by atoms with Crippen LogP contribution in [0.3, 0.4) is 0 Å². The molecule has 1 atom stereocenters. The van der Waals surface area contributed by atoms with E-state index >= 15 is 0 Å². The third-order valence-electron chi connectivity index (χ3n) is 5.56. The van der Waals surface area contributed by atoms with Gasteiger partial charge in [0.1, 0.15) is 6.61 Å². The Bertz CT molecular complexity index is 1020. The number of hydrogen-bond donors (Lipinski definition) is 0. The Labute approximate surface area is 233 Å². The number of terminal acetylenes is 1. The van der Waals surface area contributed by atoms with Gasteiger partial charge in [-0.3, -0.25) is 4.79 Å². The van der Waals surface area contributed by atoms with Crippen LogP contribution >= 0.6 is 11.8 Å². The summed E-state index contributed by atoms with van der Waals surface area (Å²) in [6.45, 7) is 12.3. The van der Waals surface area contributed by atoms with Crippen LogP contribution in [0.25, 0.3) is 6.08 Å². The van der Waals surface area contributed by atoms with E-state index in [9.17, 15) is 4.79 Å². The maximum atomic E-state index is 12.9. The minimum atomic E-state index is 0.0756. The van der Waals surface area contributed by atoms with Gasteiger partial charge < -0.3 is 18.9 Å². The molecule has 5 nitrogen and oxygen atoms in total. The molecule has 206 valence electrons. The van der Waals surface area contributed by atoms with Crippen LogP contribution in [-0.2, 0) is 23.7 Å². The number of aryl methyl sites for hydroxylation is 4. The first-order valence-corrected chi connectivity index (χ1v) is 14.2. The quantitative estimate of drug-likeness (QED) is 0.123. The smallest absolute Gasteiger partial charge is 0.157 e. The van der Waals surface area contributed by atoms with Crippen molar-refractivity contribution in [2.45, 2.75) is 39.4 Å². The normalized spacial score (nSPS) is 12.1. The summed E-state index contributed by atoms with van der Waals surface area (Å²) in [4.78, 5) is 12.9. The molecule has 38 heavy (non-hydrogen) atoms. The second-order valence-corrected chi connectivity index (χ2v) is 10.6. The maximum absolute atomic E-state index is 12.9. The van der Waals surface area contributed by atoms with Crippen molar-refractivity contribution < 1.29 is 23.7 Å². The standard InChI is InChI=1S/C32H42O5S/c1-6-9-34-10-11-35-12-13-36-14-15-37-16-17-38-32(30-22-27(4)19-28(5)23-30)24-31(33)8-7-29-20-25(2)18-26(3)21-29/h1,7-8,18-23,32H,9-17,24H2,2-5H3/b8-7+. The lowest BCUT2D eigenvalue weighted by Gasteiger charge is -2.17. The van der Waals surface area contributed by atoms with Gasteiger partial charge in [0, 0.05) is 17.4 Å². The van der Waals surface area contributed by atoms with Crippen LogP contribution in [0.5, 0.6) is 0 Å². The zero-order valence-electron chi connectivity index (χ0n) is 23.3. The third kappa shape index (κ3) is 13.9. The highest BCUT2D eigenvalue weighted by Crippen LogP contribution is 2.33. The molecule has 0 fully saturated rings. The predicted octanol–water partition coefficient (Wildman–Crippen LogP) is 6.07. The summed E-state index contributed by atoms with van der Waals surface area (Å²) < 4.78 is 21.8. The van der Waals surface area contributed by atoms with Gasteiger partial charge in [0.05, 0.1) is 46.2 Å². The van der Waals surface area contributed by atoms with E-state index in [1.807, 2.05) is 6.08 Å². The van der Waals surface area contributed by atoms with Crippen molar-refractivity contribution >= 4 is 23.6 Å². The van der Waals surface area contributed by atoms with E-state index in [4.69, 9.17) is 25.4 Å². The Balaban J connectivity index is 1.75. The summed E-state index contributed by atoms with van der Waals surface area (Å²) in [6, 6.07) is 12.9. The Kier molecular flexibility index (Phi) is 15.7. The molecule has 2 aromatic rings. The van der Waals surface area contributed by atoms with Crippen molar-refractivity contribution in [2.75, 3.05) is 58.6 Å². The fourth-order valence-electron chi connectivity index (χ4n) is 4.05. The van der Waals surface area contributed by atoms with Crippen LogP contribution in [0.4, 0.5) is 0 Å². The van der Waals surface area contributed by atoms with Gasteiger partial charge in [-0.2, -0.15) is 11.8 Å². The van der Waals surface area contributed by atoms with E-state index in [0.717, 1.165) is 11.3 Å². The highest BCUT2D eigenvalue weighted by Gasteiger charge is 2.16. The molecule has 1 unspecified atom stereocenters. The second-order valence-electron chi connectivity index (χ2n) is 9.30. The van der Waals surface area contributed by atoms with E-state index in [-0.39, 0.29) is 11.0 Å². The summed E-state index contributed by atoms with van der Waals surface area (Å²) in [5.74, 6) is 3.34. The van der Waals surface area contributed by atoms with Crippen LogP contribution in [0.1, 0.15) is 45.1 Å². The van der Waals surface area contributed by atoms with Crippen molar-refractivity contribution in [2.24, 2.45) is 0 Å². The van der Waals surface area contributed by atoms with Crippen LogP contribution in [0.2, 0.25) is 0 Å². The summed E-state index contributed by atoms with van der Waals surface area (Å²) in [5.41, 5.74) is 7.06. The molecule has 0 saturated heterocycles. The number of allylic oxidation sites excluding steroid dienone is 1. The van der Waals surface area contributed by atoms with Crippen molar-refractivity contribution in [3.8, 4) is 12.3 Å². The number of benzene rings is 2. The molecule has 0 spiro atoms. The molecule has 0 aliphatic heterocycles. The summed E-state index contributed by atoms with van der Waals surface area (Å²) in [7, 11) is 0. The average Bonchev–Trinajstić information content (AvgIpc) is 2.86. The van der Waals surface area contributed by atoms with Crippen LogP contribution in [0, 0.1) is 40.0 Å². The van der Waals surface area contributed by atoms with E-state index in [2.05, 4.69) is 70.0 Å². The SMILES string of the molecule is C#CCOCCOCCOCCOCCSC(CC(=O)/C=C/c1cc(C)cc(C)c1)c1cc(C)cc(C)c1. The van der Waals surface area contributed by atoms with E-state index in [0.29, 0.717) is 59.3 Å². The van der Waals surface area contributed by atoms with Gasteiger partial charge in [-0.25, -0.2) is 0 Å². The van der Waals surface area contributed by atoms with Crippen LogP contribution in [0.15, 0.2) is 42.5 Å². The minimum absolute atomic E-state index is 0.0756. The first-order valence-electron chi connectivity index (χ1n) is 13.1. The monoisotopic (exact) mass is 538 g/mol. The third-order valence-corrected chi connectivity index (χ3v) is 6.80. The molecule has 0 aromatic heterocycles. The largest absolute Gasteiger partial charge is 0.378 e. The van der Waals surface area contributed by atoms with Crippen molar-refractivity contribution in [1.29, 1.82) is 0 Å². The Morgan fingerprint density at radius 3 is 1.84 bits per heavy atom. The van der Waals surface area contributed by atoms with Crippen molar-refractivity contribution in [3.05, 3.63) is 75.9 Å². The van der Waals surface area contributed by atoms with E-state index in [1.54, 1.807) is 17.8 Å². The van der Waals surface area contributed by atoms with E-state index in [1.165, 1.54) is 27.8 Å². The zero-order chi connectivity index (χ0) is 27.6. The van der Waals surface area contributed by atoms with Gasteiger partial charge in [-0.1, -0.05) is 70.6 Å². The molecule has 0 N–H and O–H groups in total. The number of rotatable bonds is 19. The number of carbonyl (C=O) groups excluding carboxylic acids is 1. The fraction of sp³-hybridized carbons (Fsp3) is 0.469. The first-order chi connectivity index (χ1) is 18.4. The van der Waals surface area contributed by atoms with Gasteiger partial charge in [-0.05, 0) is 44.9 Å². The molecular weight excluding hydrogens is 496 g/mol. The highest BCUT2D eigenvalue weighted by atomic mass is 32.2. The number of thioether (sulfide) groups is 1. The first kappa shape index (κ1) is 31.8. The van der Waals surface area contributed by atoms with Gasteiger partial charge in [-0.15, -0.1) is 6.42 Å². The molecule has 0 amide bonds. The van der Waals surface area contributed by atoms with E-state index < -0.39 is 0 Å². The molecule has 0 bridgehead atoms. The molecule has 0 saturated carbocycles. The van der Waals surface area contributed by atoms with Gasteiger partial charge in [0.2, 0.25) is 0 Å². The fourth-order valence-corrected chi connectivity index (χ4v) is 5.16. The van der Waals surface area contributed by atoms with Crippen molar-refractivity contribution in [3.63, 3.8) is 0 Å². The molecular formula is C32H42O5S. The molecule has 2 rings (SSSR count). The topological polar surface area (TPSA) is 54.0 Å². The lowest BCUT2D eigenvalue weighted by Crippen LogP contribution is -2.12. The Hall–Kier alpha value is -2.40. The Morgan fingerprint density at radius 2 is 1.29 bits per heavy atom. The maximum Gasteiger partial charge on any atom is 0.157 e. The number of ether oxygens (including phenoxy) is 4. The average molecular weight is 539 g/mol. The highest BCUT2D eigenvalue weighted by molar-refractivity contribution is 7.99. The minimum Gasteiger partial charge on any atom is -0.378 e. The Morgan fingerprint density at radius 1 is 0.789 bits per heavy atom. The van der Waals surface area contributed by atoms with Gasteiger partial charge >= 0.3 is 0 Å². The number of hydrogen-bond acceptors (Lipinski definition) is 6. The summed E-state index contributed by atoms with van der Waals surface area (Å²) in [5, 5.41) is 0.0756. The summed E-state index contributed by atoms with van der Waals surface area (Å²) in [6.07, 6.45) is 9.20.